The summed E-state index contributed by atoms with van der Waals surface area (Å²) in [4.78, 5) is 23.5. The van der Waals surface area contributed by atoms with E-state index in [0.717, 1.165) is 0 Å². The van der Waals surface area contributed by atoms with E-state index in [9.17, 15) is 14.7 Å². The van der Waals surface area contributed by atoms with Crippen molar-refractivity contribution in [2.24, 2.45) is 0 Å². The van der Waals surface area contributed by atoms with Gasteiger partial charge in [0.05, 0.1) is 21.8 Å². The molecule has 24 heavy (non-hydrogen) atoms. The molecular formula is C15H9BrCl2N2O3S. The van der Waals surface area contributed by atoms with Gasteiger partial charge in [-0.25, -0.2) is 4.79 Å². The molecule has 124 valence electrons. The number of halogens is 3. The van der Waals surface area contributed by atoms with Crippen molar-refractivity contribution in [2.75, 3.05) is 5.32 Å². The average Bonchev–Trinajstić information content (AvgIpc) is 2.49. The van der Waals surface area contributed by atoms with Gasteiger partial charge in [0.2, 0.25) is 0 Å². The van der Waals surface area contributed by atoms with Crippen LogP contribution in [0, 0.1) is 0 Å². The number of thiocarbonyl (C=S) groups is 1. The average molecular weight is 448 g/mol. The lowest BCUT2D eigenvalue weighted by Crippen LogP contribution is -2.34. The molecule has 3 N–H and O–H groups in total. The molecule has 0 saturated carbocycles. The summed E-state index contributed by atoms with van der Waals surface area (Å²) in [6.07, 6.45) is 0. The largest absolute Gasteiger partial charge is 0.478 e. The first-order valence-electron chi connectivity index (χ1n) is 6.38. The smallest absolute Gasteiger partial charge is 0.337 e. The van der Waals surface area contributed by atoms with Crippen LogP contribution >= 0.6 is 51.3 Å². The maximum absolute atomic E-state index is 12.2. The Hall–Kier alpha value is -1.67. The monoisotopic (exact) mass is 446 g/mol. The van der Waals surface area contributed by atoms with Gasteiger partial charge in [-0.3, -0.25) is 10.1 Å². The Morgan fingerprint density at radius 1 is 1.12 bits per heavy atom. The minimum Gasteiger partial charge on any atom is -0.478 e. The van der Waals surface area contributed by atoms with Crippen LogP contribution in [-0.2, 0) is 0 Å². The highest BCUT2D eigenvalue weighted by molar-refractivity contribution is 9.10. The molecule has 0 aromatic heterocycles. The van der Waals surface area contributed by atoms with Crippen molar-refractivity contribution in [3.05, 3.63) is 62.0 Å². The van der Waals surface area contributed by atoms with Gasteiger partial charge in [0.1, 0.15) is 0 Å². The quantitative estimate of drug-likeness (QED) is 0.600. The lowest BCUT2D eigenvalue weighted by molar-refractivity contribution is 0.0698. The molecule has 2 aromatic rings. The van der Waals surface area contributed by atoms with Crippen LogP contribution in [0.1, 0.15) is 20.7 Å². The molecule has 2 aromatic carbocycles. The number of carboxylic acid groups (broad SMARTS) is 1. The molecule has 1 amide bonds. The zero-order chi connectivity index (χ0) is 17.9. The summed E-state index contributed by atoms with van der Waals surface area (Å²) in [5.74, 6) is -1.69. The Kier molecular flexibility index (Phi) is 6.17. The third kappa shape index (κ3) is 4.45. The first kappa shape index (κ1) is 18.7. The van der Waals surface area contributed by atoms with E-state index in [1.165, 1.54) is 12.1 Å². The Morgan fingerprint density at radius 2 is 1.79 bits per heavy atom. The van der Waals surface area contributed by atoms with Gasteiger partial charge in [0.15, 0.2) is 5.11 Å². The van der Waals surface area contributed by atoms with Crippen LogP contribution in [0.5, 0.6) is 0 Å². The number of carbonyl (C=O) groups is 2. The van der Waals surface area contributed by atoms with Gasteiger partial charge in [0, 0.05) is 9.50 Å². The fourth-order valence-electron chi connectivity index (χ4n) is 1.83. The summed E-state index contributed by atoms with van der Waals surface area (Å²) >= 11 is 20.1. The zero-order valence-electron chi connectivity index (χ0n) is 11.8. The summed E-state index contributed by atoms with van der Waals surface area (Å²) < 4.78 is 0.598. The Morgan fingerprint density at radius 3 is 2.42 bits per heavy atom. The van der Waals surface area contributed by atoms with Crippen molar-refractivity contribution in [2.45, 2.75) is 0 Å². The normalized spacial score (nSPS) is 10.1. The lowest BCUT2D eigenvalue weighted by atomic mass is 10.2. The molecule has 0 aliphatic heterocycles. The van der Waals surface area contributed by atoms with E-state index in [1.54, 1.807) is 24.3 Å². The summed E-state index contributed by atoms with van der Waals surface area (Å²) in [5.41, 5.74) is 0.262. The molecule has 2 rings (SSSR count). The first-order chi connectivity index (χ1) is 11.3. The number of carboxylic acids is 1. The van der Waals surface area contributed by atoms with Crippen molar-refractivity contribution in [3.63, 3.8) is 0 Å². The molecule has 0 saturated heterocycles. The number of benzene rings is 2. The maximum Gasteiger partial charge on any atom is 0.337 e. The van der Waals surface area contributed by atoms with Crippen LogP contribution < -0.4 is 10.6 Å². The van der Waals surface area contributed by atoms with E-state index in [0.29, 0.717) is 10.0 Å². The van der Waals surface area contributed by atoms with Gasteiger partial charge in [0.25, 0.3) is 5.91 Å². The molecule has 0 aliphatic carbocycles. The molecule has 0 bridgehead atoms. The second kappa shape index (κ2) is 7.94. The molecule has 0 heterocycles. The minimum atomic E-state index is -1.23. The van der Waals surface area contributed by atoms with Gasteiger partial charge >= 0.3 is 5.97 Å². The fourth-order valence-corrected chi connectivity index (χ4v) is 3.03. The number of rotatable bonds is 3. The predicted molar refractivity (Wildman–Crippen MR) is 101 cm³/mol. The highest BCUT2D eigenvalue weighted by atomic mass is 79.9. The molecule has 0 aliphatic rings. The van der Waals surface area contributed by atoms with Gasteiger partial charge in [-0.2, -0.15) is 0 Å². The van der Waals surface area contributed by atoms with E-state index in [1.807, 2.05) is 0 Å². The van der Waals surface area contributed by atoms with Crippen molar-refractivity contribution in [1.82, 2.24) is 5.32 Å². The highest BCUT2D eigenvalue weighted by Gasteiger charge is 2.17. The summed E-state index contributed by atoms with van der Waals surface area (Å²) in [5, 5.41) is 14.5. The Labute approximate surface area is 161 Å². The number of hydrogen-bond acceptors (Lipinski definition) is 3. The van der Waals surface area contributed by atoms with E-state index < -0.39 is 11.9 Å². The van der Waals surface area contributed by atoms with E-state index in [2.05, 4.69) is 26.6 Å². The lowest BCUT2D eigenvalue weighted by Gasteiger charge is -2.14. The third-order valence-corrected chi connectivity index (χ3v) is 4.28. The van der Waals surface area contributed by atoms with Gasteiger partial charge in [-0.05, 0) is 52.4 Å². The predicted octanol–water partition coefficient (Wildman–Crippen LogP) is 4.58. The molecule has 0 spiro atoms. The molecule has 0 atom stereocenters. The van der Waals surface area contributed by atoms with Crippen LogP contribution in [0.15, 0.2) is 40.9 Å². The van der Waals surface area contributed by atoms with E-state index in [-0.39, 0.29) is 26.4 Å². The van der Waals surface area contributed by atoms with Crippen molar-refractivity contribution in [1.29, 1.82) is 0 Å². The van der Waals surface area contributed by atoms with Gasteiger partial charge in [-0.1, -0.05) is 35.3 Å². The van der Waals surface area contributed by atoms with Crippen molar-refractivity contribution in [3.8, 4) is 0 Å². The number of hydrogen-bond donors (Lipinski definition) is 3. The zero-order valence-corrected chi connectivity index (χ0v) is 15.7. The van der Waals surface area contributed by atoms with Crippen LogP contribution in [0.4, 0.5) is 5.69 Å². The van der Waals surface area contributed by atoms with Crippen LogP contribution in [0.25, 0.3) is 0 Å². The molecule has 9 heteroatoms. The number of nitrogens with one attached hydrogen (secondary N) is 2. The molecular weight excluding hydrogens is 439 g/mol. The molecule has 0 radical (unpaired) electrons. The van der Waals surface area contributed by atoms with Crippen molar-refractivity contribution < 1.29 is 14.7 Å². The topological polar surface area (TPSA) is 78.4 Å². The van der Waals surface area contributed by atoms with Crippen molar-refractivity contribution >= 4 is 74.0 Å². The van der Waals surface area contributed by atoms with Gasteiger partial charge in [-0.15, -0.1) is 0 Å². The van der Waals surface area contributed by atoms with E-state index in [4.69, 9.17) is 35.4 Å². The molecule has 0 unspecified atom stereocenters. The molecule has 5 nitrogen and oxygen atoms in total. The summed E-state index contributed by atoms with van der Waals surface area (Å²) in [7, 11) is 0. The van der Waals surface area contributed by atoms with Crippen LogP contribution in [0.2, 0.25) is 10.0 Å². The fraction of sp³-hybridized carbons (Fsp3) is 0. The number of aromatic carboxylic acids is 1. The number of amides is 1. The summed E-state index contributed by atoms with van der Waals surface area (Å²) in [6, 6.07) is 9.40. The second-order valence-electron chi connectivity index (χ2n) is 4.50. The van der Waals surface area contributed by atoms with Crippen LogP contribution in [-0.4, -0.2) is 22.1 Å². The SMILES string of the molecule is O=C(NC(=S)Nc1c(Cl)cc(Cl)cc1C(=O)O)c1ccccc1Br. The number of anilines is 1. The Bertz CT molecular complexity index is 845. The number of carbonyl (C=O) groups excluding carboxylic acids is 1. The van der Waals surface area contributed by atoms with Crippen LogP contribution in [0.3, 0.4) is 0 Å². The Balaban J connectivity index is 2.20. The maximum atomic E-state index is 12.2. The minimum absolute atomic E-state index is 0.0472. The van der Waals surface area contributed by atoms with Gasteiger partial charge < -0.3 is 10.4 Å². The molecule has 0 fully saturated rings. The third-order valence-electron chi connectivity index (χ3n) is 2.87. The first-order valence-corrected chi connectivity index (χ1v) is 8.34. The standard InChI is InChI=1S/C15H9BrCl2N2O3S/c16-10-4-2-1-3-8(10)13(21)20-15(24)19-12-9(14(22)23)5-7(17)6-11(12)18/h1-6H,(H,22,23)(H2,19,20,21,24). The van der Waals surface area contributed by atoms with E-state index >= 15 is 0 Å². The second-order valence-corrected chi connectivity index (χ2v) is 6.61. The highest BCUT2D eigenvalue weighted by Crippen LogP contribution is 2.30. The summed E-state index contributed by atoms with van der Waals surface area (Å²) in [6.45, 7) is 0.